The van der Waals surface area contributed by atoms with Gasteiger partial charge in [-0.2, -0.15) is 0 Å². The summed E-state index contributed by atoms with van der Waals surface area (Å²) >= 11 is 5.80. The van der Waals surface area contributed by atoms with Crippen molar-refractivity contribution in [2.45, 2.75) is 19.3 Å². The third-order valence-electron chi connectivity index (χ3n) is 3.66. The van der Waals surface area contributed by atoms with Gasteiger partial charge >= 0.3 is 0 Å². The van der Waals surface area contributed by atoms with Crippen molar-refractivity contribution in [2.75, 3.05) is 26.1 Å². The molecule has 104 valence electrons. The Morgan fingerprint density at radius 1 is 1.42 bits per heavy atom. The molecule has 1 aromatic rings. The lowest BCUT2D eigenvalue weighted by Gasteiger charge is -2.32. The summed E-state index contributed by atoms with van der Waals surface area (Å²) in [6.45, 7) is 1.68. The number of ether oxygens (including phenoxy) is 1. The normalized spacial score (nSPS) is 19.3. The zero-order valence-corrected chi connectivity index (χ0v) is 12.0. The van der Waals surface area contributed by atoms with Gasteiger partial charge in [-0.3, -0.25) is 4.79 Å². The van der Waals surface area contributed by atoms with Crippen LogP contribution in [0.15, 0.2) is 24.3 Å². The molecule has 0 aromatic heterocycles. The molecule has 0 saturated carbocycles. The first-order valence-corrected chi connectivity index (χ1v) is 7.27. The number of carbonyl (C=O) groups excluding carboxylic acids is 1. The molecule has 1 aromatic carbocycles. The number of alkyl halides is 1. The molecule has 1 amide bonds. The highest BCUT2D eigenvalue weighted by Crippen LogP contribution is 2.22. The summed E-state index contributed by atoms with van der Waals surface area (Å²) in [6, 6.07) is 7.31. The number of rotatable bonds is 4. The third kappa shape index (κ3) is 3.63. The van der Waals surface area contributed by atoms with Gasteiger partial charge in [0.05, 0.1) is 7.11 Å². The Hall–Kier alpha value is -1.22. The zero-order chi connectivity index (χ0) is 13.7. The number of methoxy groups -OCH3 is 1. The van der Waals surface area contributed by atoms with Gasteiger partial charge in [-0.25, -0.2) is 0 Å². The van der Waals surface area contributed by atoms with Crippen LogP contribution in [0, 0.1) is 5.92 Å². The maximum atomic E-state index is 12.4. The molecule has 1 aliphatic heterocycles. The zero-order valence-electron chi connectivity index (χ0n) is 11.3. The lowest BCUT2D eigenvalue weighted by Crippen LogP contribution is -2.40. The molecule has 1 unspecified atom stereocenters. The molecule has 4 heteroatoms. The average Bonchev–Trinajstić information content (AvgIpc) is 2.47. The number of hydrogen-bond donors (Lipinski definition) is 0. The van der Waals surface area contributed by atoms with Gasteiger partial charge in [-0.05, 0) is 49.4 Å². The van der Waals surface area contributed by atoms with Crippen molar-refractivity contribution in [3.63, 3.8) is 0 Å². The summed E-state index contributed by atoms with van der Waals surface area (Å²) in [5, 5.41) is 0. The Kier molecular flexibility index (Phi) is 5.08. The molecule has 3 nitrogen and oxygen atoms in total. The second kappa shape index (κ2) is 6.80. The van der Waals surface area contributed by atoms with E-state index in [1.165, 1.54) is 6.42 Å². The molecule has 1 saturated heterocycles. The van der Waals surface area contributed by atoms with Crippen molar-refractivity contribution in [3.8, 4) is 5.75 Å². The van der Waals surface area contributed by atoms with E-state index in [1.807, 2.05) is 29.2 Å². The highest BCUT2D eigenvalue weighted by atomic mass is 35.5. The fourth-order valence-electron chi connectivity index (χ4n) is 2.56. The summed E-state index contributed by atoms with van der Waals surface area (Å²) in [5.41, 5.74) is 0.729. The van der Waals surface area contributed by atoms with Crippen LogP contribution >= 0.6 is 11.6 Å². The third-order valence-corrected chi connectivity index (χ3v) is 3.88. The second-order valence-electron chi connectivity index (χ2n) is 4.97. The van der Waals surface area contributed by atoms with E-state index in [2.05, 4.69) is 0 Å². The Bertz CT molecular complexity index is 417. The van der Waals surface area contributed by atoms with Crippen LogP contribution in [-0.2, 0) is 0 Å². The molecule has 1 aliphatic rings. The van der Waals surface area contributed by atoms with E-state index in [-0.39, 0.29) is 5.91 Å². The second-order valence-corrected chi connectivity index (χ2v) is 5.34. The van der Waals surface area contributed by atoms with Gasteiger partial charge in [-0.15, -0.1) is 11.6 Å². The number of likely N-dealkylation sites (tertiary alicyclic amines) is 1. The molecule has 0 bridgehead atoms. The van der Waals surface area contributed by atoms with Crippen molar-refractivity contribution in [1.82, 2.24) is 4.90 Å². The summed E-state index contributed by atoms with van der Waals surface area (Å²) in [5.74, 6) is 2.11. The fraction of sp³-hybridized carbons (Fsp3) is 0.533. The van der Waals surface area contributed by atoms with Gasteiger partial charge in [0.15, 0.2) is 0 Å². The number of piperidine rings is 1. The molecule has 0 radical (unpaired) electrons. The molecule has 19 heavy (non-hydrogen) atoms. The highest BCUT2D eigenvalue weighted by Gasteiger charge is 2.23. The maximum Gasteiger partial charge on any atom is 0.253 e. The predicted octanol–water partition coefficient (Wildman–Crippen LogP) is 3.18. The number of hydrogen-bond acceptors (Lipinski definition) is 2. The largest absolute Gasteiger partial charge is 0.497 e. The standard InChI is InChI=1S/C15H20ClNO2/c1-19-14-6-4-13(5-7-14)15(18)17-10-2-3-12(11-17)8-9-16/h4-7,12H,2-3,8-11H2,1H3. The number of carbonyl (C=O) groups is 1. The summed E-state index contributed by atoms with van der Waals surface area (Å²) in [7, 11) is 1.62. The van der Waals surface area contributed by atoms with Crippen molar-refractivity contribution in [2.24, 2.45) is 5.92 Å². The van der Waals surface area contributed by atoms with Gasteiger partial charge in [0, 0.05) is 24.5 Å². The molecule has 2 rings (SSSR count). The lowest BCUT2D eigenvalue weighted by molar-refractivity contribution is 0.0671. The molecule has 0 N–H and O–H groups in total. The topological polar surface area (TPSA) is 29.5 Å². The van der Waals surface area contributed by atoms with Gasteiger partial charge < -0.3 is 9.64 Å². The number of benzene rings is 1. The van der Waals surface area contributed by atoms with Gasteiger partial charge in [0.25, 0.3) is 5.91 Å². The van der Waals surface area contributed by atoms with E-state index in [1.54, 1.807) is 7.11 Å². The summed E-state index contributed by atoms with van der Waals surface area (Å²) in [4.78, 5) is 14.3. The quantitative estimate of drug-likeness (QED) is 0.794. The molecule has 1 heterocycles. The minimum Gasteiger partial charge on any atom is -0.497 e. The van der Waals surface area contributed by atoms with Crippen LogP contribution < -0.4 is 4.74 Å². The van der Waals surface area contributed by atoms with E-state index in [0.717, 1.165) is 37.2 Å². The fourth-order valence-corrected chi connectivity index (χ4v) is 2.86. The summed E-state index contributed by atoms with van der Waals surface area (Å²) < 4.78 is 5.10. The smallest absolute Gasteiger partial charge is 0.253 e. The SMILES string of the molecule is COc1ccc(C(=O)N2CCCC(CCCl)C2)cc1. The molecule has 0 aliphatic carbocycles. The Morgan fingerprint density at radius 3 is 2.79 bits per heavy atom. The molecule has 1 fully saturated rings. The first kappa shape index (κ1) is 14.2. The van der Waals surface area contributed by atoms with E-state index >= 15 is 0 Å². The first-order chi connectivity index (χ1) is 9.24. The number of nitrogens with zero attached hydrogens (tertiary/aromatic N) is 1. The maximum absolute atomic E-state index is 12.4. The van der Waals surface area contributed by atoms with E-state index < -0.39 is 0 Å². The highest BCUT2D eigenvalue weighted by molar-refractivity contribution is 6.17. The monoisotopic (exact) mass is 281 g/mol. The van der Waals surface area contributed by atoms with Crippen molar-refractivity contribution in [1.29, 1.82) is 0 Å². The number of amides is 1. The van der Waals surface area contributed by atoms with Crippen LogP contribution in [0.2, 0.25) is 0 Å². The van der Waals surface area contributed by atoms with Gasteiger partial charge in [0.2, 0.25) is 0 Å². The van der Waals surface area contributed by atoms with Crippen LogP contribution in [0.25, 0.3) is 0 Å². The van der Waals surface area contributed by atoms with Crippen LogP contribution in [0.1, 0.15) is 29.6 Å². The van der Waals surface area contributed by atoms with Crippen molar-refractivity contribution < 1.29 is 9.53 Å². The summed E-state index contributed by atoms with van der Waals surface area (Å²) in [6.07, 6.45) is 3.25. The molecule has 0 spiro atoms. The van der Waals surface area contributed by atoms with Crippen LogP contribution in [0.4, 0.5) is 0 Å². The Balaban J connectivity index is 2.01. The predicted molar refractivity (Wildman–Crippen MR) is 77.0 cm³/mol. The Labute approximate surface area is 119 Å². The molecular weight excluding hydrogens is 262 g/mol. The van der Waals surface area contributed by atoms with Crippen molar-refractivity contribution in [3.05, 3.63) is 29.8 Å². The minimum atomic E-state index is 0.113. The molecular formula is C15H20ClNO2. The average molecular weight is 282 g/mol. The Morgan fingerprint density at radius 2 is 2.16 bits per heavy atom. The van der Waals surface area contributed by atoms with Crippen LogP contribution in [-0.4, -0.2) is 36.9 Å². The van der Waals surface area contributed by atoms with E-state index in [0.29, 0.717) is 11.8 Å². The van der Waals surface area contributed by atoms with Crippen LogP contribution in [0.5, 0.6) is 5.75 Å². The number of halogens is 1. The van der Waals surface area contributed by atoms with Crippen molar-refractivity contribution >= 4 is 17.5 Å². The first-order valence-electron chi connectivity index (χ1n) is 6.74. The van der Waals surface area contributed by atoms with E-state index in [4.69, 9.17) is 16.3 Å². The lowest BCUT2D eigenvalue weighted by atomic mass is 9.95. The molecule has 1 atom stereocenters. The minimum absolute atomic E-state index is 0.113. The van der Waals surface area contributed by atoms with Gasteiger partial charge in [0.1, 0.15) is 5.75 Å². The van der Waals surface area contributed by atoms with Gasteiger partial charge in [-0.1, -0.05) is 0 Å². The van der Waals surface area contributed by atoms with Crippen LogP contribution in [0.3, 0.4) is 0 Å². The van der Waals surface area contributed by atoms with E-state index in [9.17, 15) is 4.79 Å².